The molecule has 1 aromatic heterocycles. The Kier molecular flexibility index (Phi) is 6.09. The van der Waals surface area contributed by atoms with Gasteiger partial charge in [-0.15, -0.1) is 0 Å². The highest BCUT2D eigenvalue weighted by Gasteiger charge is 2.47. The summed E-state index contributed by atoms with van der Waals surface area (Å²) in [5.41, 5.74) is 6.12. The van der Waals surface area contributed by atoms with E-state index in [1.165, 1.54) is 40.2 Å². The van der Waals surface area contributed by atoms with Crippen LogP contribution in [0, 0.1) is 11.3 Å². The van der Waals surface area contributed by atoms with Crippen molar-refractivity contribution in [3.05, 3.63) is 83.2 Å². The van der Waals surface area contributed by atoms with Crippen molar-refractivity contribution >= 4 is 16.0 Å². The van der Waals surface area contributed by atoms with Crippen molar-refractivity contribution in [1.29, 1.82) is 0 Å². The molecule has 0 bridgehead atoms. The first kappa shape index (κ1) is 22.6. The van der Waals surface area contributed by atoms with Crippen LogP contribution in [0.1, 0.15) is 56.5 Å². The molecule has 3 nitrogen and oxygen atoms in total. The summed E-state index contributed by atoms with van der Waals surface area (Å²) in [4.78, 5) is 1.44. The second-order valence-electron chi connectivity index (χ2n) is 11.0. The third-order valence-electron chi connectivity index (χ3n) is 7.75. The van der Waals surface area contributed by atoms with Gasteiger partial charge in [0.2, 0.25) is 0 Å². The van der Waals surface area contributed by atoms with Gasteiger partial charge >= 0.3 is 0 Å². The molecule has 2 aliphatic rings. The lowest BCUT2D eigenvalue weighted by atomic mass is 9.60. The molecule has 1 fully saturated rings. The lowest BCUT2D eigenvalue weighted by Gasteiger charge is -2.51. The molecule has 4 heteroatoms. The molecule has 5 rings (SSSR count). The highest BCUT2D eigenvalue weighted by molar-refractivity contribution is 8.13. The van der Waals surface area contributed by atoms with Crippen LogP contribution in [0.2, 0.25) is 0 Å². The van der Waals surface area contributed by atoms with E-state index >= 15 is 0 Å². The van der Waals surface area contributed by atoms with E-state index < -0.39 is 0 Å². The van der Waals surface area contributed by atoms with Crippen LogP contribution in [0.15, 0.2) is 65.7 Å². The van der Waals surface area contributed by atoms with Crippen LogP contribution in [0.3, 0.4) is 0 Å². The predicted octanol–water partition coefficient (Wildman–Crippen LogP) is 6.42. The first-order chi connectivity index (χ1) is 15.9. The Morgan fingerprint density at radius 2 is 1.88 bits per heavy atom. The Morgan fingerprint density at radius 3 is 2.58 bits per heavy atom. The fraction of sp³-hybridized carbons (Fsp3) is 0.448. The molecule has 1 saturated heterocycles. The fourth-order valence-electron chi connectivity index (χ4n) is 5.94. The molecule has 1 aliphatic heterocycles. The number of nitrogens with zero attached hydrogens (tertiary/aromatic N) is 2. The minimum absolute atomic E-state index is 0.0213. The van der Waals surface area contributed by atoms with E-state index in [4.69, 9.17) is 0 Å². The summed E-state index contributed by atoms with van der Waals surface area (Å²) in [6.45, 7) is 11.4. The summed E-state index contributed by atoms with van der Waals surface area (Å²) in [5, 5.41) is 10.1. The van der Waals surface area contributed by atoms with Crippen molar-refractivity contribution in [1.82, 2.24) is 14.5 Å². The molecule has 1 aliphatic carbocycles. The summed E-state index contributed by atoms with van der Waals surface area (Å²) in [7, 11) is 0.0213. The maximum absolute atomic E-state index is 4.40. The zero-order valence-corrected chi connectivity index (χ0v) is 21.3. The van der Waals surface area contributed by atoms with Crippen molar-refractivity contribution < 1.29 is 0 Å². The molecule has 3 aromatic rings. The Hall–Kier alpha value is -2.17. The van der Waals surface area contributed by atoms with Crippen LogP contribution in [-0.2, 0) is 24.7 Å². The van der Waals surface area contributed by atoms with Crippen molar-refractivity contribution in [3.8, 4) is 0 Å². The smallest absolute Gasteiger partial charge is 0.0522 e. The van der Waals surface area contributed by atoms with Gasteiger partial charge in [-0.1, -0.05) is 73.9 Å². The number of hydrogen-bond donors (Lipinski definition) is 1. The fourth-order valence-corrected chi connectivity index (χ4v) is 7.92. The zero-order chi connectivity index (χ0) is 23.1. The lowest BCUT2D eigenvalue weighted by molar-refractivity contribution is 0.0608. The van der Waals surface area contributed by atoms with Gasteiger partial charge in [-0.3, -0.25) is 9.40 Å². The standard InChI is InChI=1S/C29H37N3S/c1-5-33(26-13-11-24(12-14-26)28(2,3)4)32-16-15-25-17-27-23(20-30-31-27)19-29(25,21-32)18-22-9-7-6-8-10-22/h5-14,20,25H,15-19,21H2,1-4H3,(H,30,31)/t25-,29?,33?/m0/s1. The van der Waals surface area contributed by atoms with Gasteiger partial charge in [0.1, 0.15) is 0 Å². The summed E-state index contributed by atoms with van der Waals surface area (Å²) in [6, 6.07) is 20.5. The maximum atomic E-state index is 4.40. The Bertz CT molecular complexity index is 1120. The van der Waals surface area contributed by atoms with Gasteiger partial charge in [0.25, 0.3) is 0 Å². The summed E-state index contributed by atoms with van der Waals surface area (Å²) in [6.07, 6.45) is 6.74. The number of hydrogen-bond acceptors (Lipinski definition) is 2. The monoisotopic (exact) mass is 459 g/mol. The van der Waals surface area contributed by atoms with Gasteiger partial charge in [0.15, 0.2) is 0 Å². The van der Waals surface area contributed by atoms with Gasteiger partial charge < -0.3 is 0 Å². The van der Waals surface area contributed by atoms with Gasteiger partial charge in [0.05, 0.1) is 6.20 Å². The Morgan fingerprint density at radius 1 is 1.12 bits per heavy atom. The molecular formula is C29H37N3S. The van der Waals surface area contributed by atoms with E-state index in [0.29, 0.717) is 5.92 Å². The van der Waals surface area contributed by atoms with Crippen molar-refractivity contribution in [2.45, 2.75) is 63.7 Å². The summed E-state index contributed by atoms with van der Waals surface area (Å²) >= 11 is 0. The first-order valence-corrected chi connectivity index (χ1v) is 13.6. The minimum Gasteiger partial charge on any atom is -0.282 e. The topological polar surface area (TPSA) is 31.9 Å². The molecule has 3 atom stereocenters. The summed E-state index contributed by atoms with van der Waals surface area (Å²) < 4.78 is 2.77. The van der Waals surface area contributed by atoms with E-state index in [2.05, 4.69) is 108 Å². The second kappa shape index (κ2) is 8.88. The number of piperidine rings is 1. The summed E-state index contributed by atoms with van der Waals surface area (Å²) in [5.74, 6) is 0.701. The molecular weight excluding hydrogens is 422 g/mol. The molecule has 2 aromatic carbocycles. The molecule has 2 unspecified atom stereocenters. The number of nitrogens with one attached hydrogen (secondary N) is 1. The lowest BCUT2D eigenvalue weighted by Crippen LogP contribution is -2.52. The molecule has 0 spiro atoms. The van der Waals surface area contributed by atoms with Gasteiger partial charge in [-0.2, -0.15) is 5.10 Å². The molecule has 0 amide bonds. The zero-order valence-electron chi connectivity index (χ0n) is 20.5. The van der Waals surface area contributed by atoms with Crippen LogP contribution in [-0.4, -0.2) is 33.0 Å². The maximum Gasteiger partial charge on any atom is 0.0522 e. The Labute approximate surface area is 201 Å². The minimum atomic E-state index is 0.0213. The van der Waals surface area contributed by atoms with Crippen LogP contribution >= 0.6 is 10.7 Å². The van der Waals surface area contributed by atoms with Crippen LogP contribution in [0.25, 0.3) is 0 Å². The van der Waals surface area contributed by atoms with Crippen molar-refractivity contribution in [3.63, 3.8) is 0 Å². The molecule has 2 heterocycles. The van der Waals surface area contributed by atoms with Crippen LogP contribution < -0.4 is 0 Å². The quantitative estimate of drug-likeness (QED) is 0.456. The highest BCUT2D eigenvalue weighted by atomic mass is 32.2. The molecule has 0 radical (unpaired) electrons. The number of fused-ring (bicyclic) bond motifs is 2. The van der Waals surface area contributed by atoms with E-state index in [0.717, 1.165) is 25.8 Å². The third-order valence-corrected chi connectivity index (χ3v) is 9.82. The molecule has 0 saturated carbocycles. The average Bonchev–Trinajstić information content (AvgIpc) is 3.25. The van der Waals surface area contributed by atoms with E-state index in [-0.39, 0.29) is 21.5 Å². The van der Waals surface area contributed by atoms with Crippen molar-refractivity contribution in [2.75, 3.05) is 13.1 Å². The van der Waals surface area contributed by atoms with Gasteiger partial charge in [-0.25, -0.2) is 0 Å². The Balaban J connectivity index is 1.47. The number of H-pyrrole nitrogens is 1. The molecule has 174 valence electrons. The average molecular weight is 460 g/mol. The molecule has 33 heavy (non-hydrogen) atoms. The SMILES string of the molecule is C/C=S(\c1ccc(C(C)(C)C)cc1)N1CC[C@H]2Cc3[nH]ncc3CC2(Cc2ccccc2)C1. The first-order valence-electron chi connectivity index (χ1n) is 12.3. The van der Waals surface area contributed by atoms with E-state index in [1.807, 2.05) is 0 Å². The number of aromatic nitrogens is 2. The highest BCUT2D eigenvalue weighted by Crippen LogP contribution is 2.50. The van der Waals surface area contributed by atoms with E-state index in [1.54, 1.807) is 0 Å². The number of benzene rings is 2. The number of rotatable bonds is 4. The predicted molar refractivity (Wildman–Crippen MR) is 141 cm³/mol. The van der Waals surface area contributed by atoms with Crippen LogP contribution in [0.5, 0.6) is 0 Å². The van der Waals surface area contributed by atoms with Gasteiger partial charge in [0, 0.05) is 23.7 Å². The van der Waals surface area contributed by atoms with Crippen LogP contribution in [0.4, 0.5) is 0 Å². The number of aromatic amines is 1. The largest absolute Gasteiger partial charge is 0.282 e. The van der Waals surface area contributed by atoms with Gasteiger partial charge in [-0.05, 0) is 83.5 Å². The van der Waals surface area contributed by atoms with Crippen molar-refractivity contribution in [2.24, 2.45) is 11.3 Å². The third kappa shape index (κ3) is 4.48. The second-order valence-corrected chi connectivity index (χ2v) is 13.0. The van der Waals surface area contributed by atoms with E-state index in [9.17, 15) is 0 Å². The normalized spacial score (nSPS) is 24.3. The molecule has 1 N–H and O–H groups in total.